The summed E-state index contributed by atoms with van der Waals surface area (Å²) in [5.74, 6) is 0. The van der Waals surface area contributed by atoms with Crippen molar-refractivity contribution in [2.75, 3.05) is 0 Å². The highest BCUT2D eigenvalue weighted by Gasteiger charge is 2.01. The molecule has 3 heteroatoms. The van der Waals surface area contributed by atoms with E-state index >= 15 is 0 Å². The lowest BCUT2D eigenvalue weighted by molar-refractivity contribution is 1.33. The van der Waals surface area contributed by atoms with E-state index in [1.165, 1.54) is 0 Å². The van der Waals surface area contributed by atoms with Gasteiger partial charge in [0.15, 0.2) is 0 Å². The molecule has 0 saturated heterocycles. The van der Waals surface area contributed by atoms with Crippen molar-refractivity contribution < 1.29 is 0 Å². The van der Waals surface area contributed by atoms with Crippen LogP contribution in [0.4, 0.5) is 0 Å². The van der Waals surface area contributed by atoms with Crippen molar-refractivity contribution in [3.8, 4) is 17.2 Å². The minimum Gasteiger partial charge on any atom is -0.264 e. The first-order valence-corrected chi connectivity index (χ1v) is 4.78. The lowest BCUT2D eigenvalue weighted by atomic mass is 10.1. The summed E-state index contributed by atoms with van der Waals surface area (Å²) in [5.41, 5.74) is 2.42. The molecule has 0 aliphatic heterocycles. The highest BCUT2D eigenvalue weighted by molar-refractivity contribution is 6.31. The highest BCUT2D eigenvalue weighted by atomic mass is 35.5. The van der Waals surface area contributed by atoms with Crippen molar-refractivity contribution in [3.05, 3.63) is 53.3 Å². The minimum absolute atomic E-state index is 0.557. The molecular formula is C12H7ClN2. The second-order valence-corrected chi connectivity index (χ2v) is 3.52. The number of pyridine rings is 1. The van der Waals surface area contributed by atoms with Crippen LogP contribution in [-0.4, -0.2) is 4.98 Å². The predicted molar refractivity (Wildman–Crippen MR) is 59.4 cm³/mol. The van der Waals surface area contributed by atoms with Gasteiger partial charge in [-0.3, -0.25) is 4.98 Å². The highest BCUT2D eigenvalue weighted by Crippen LogP contribution is 2.23. The normalized spacial score (nSPS) is 9.60. The van der Waals surface area contributed by atoms with Crippen LogP contribution in [0, 0.1) is 11.3 Å². The molecule has 0 fully saturated rings. The Morgan fingerprint density at radius 2 is 2.07 bits per heavy atom. The fourth-order valence-corrected chi connectivity index (χ4v) is 1.59. The van der Waals surface area contributed by atoms with Gasteiger partial charge in [-0.15, -0.1) is 0 Å². The van der Waals surface area contributed by atoms with Gasteiger partial charge >= 0.3 is 0 Å². The average Bonchev–Trinajstić information content (AvgIpc) is 2.29. The molecule has 0 bridgehead atoms. The van der Waals surface area contributed by atoms with Gasteiger partial charge in [-0.25, -0.2) is 0 Å². The fraction of sp³-hybridized carbons (Fsp3) is 0. The number of nitrogens with zero attached hydrogens (tertiary/aromatic N) is 2. The van der Waals surface area contributed by atoms with Crippen LogP contribution < -0.4 is 0 Å². The standard InChI is InChI=1S/C12H7ClN2/c13-12-5-9(7-14)4-11(6-12)10-2-1-3-15-8-10/h1-6,8H. The quantitative estimate of drug-likeness (QED) is 0.731. The summed E-state index contributed by atoms with van der Waals surface area (Å²) >= 11 is 5.91. The molecular weight excluding hydrogens is 208 g/mol. The Labute approximate surface area is 92.8 Å². The Bertz CT molecular complexity index is 515. The smallest absolute Gasteiger partial charge is 0.0992 e. The molecule has 0 N–H and O–H groups in total. The molecule has 1 aromatic heterocycles. The molecule has 1 aromatic carbocycles. The summed E-state index contributed by atoms with van der Waals surface area (Å²) in [7, 11) is 0. The van der Waals surface area contributed by atoms with E-state index in [0.717, 1.165) is 11.1 Å². The molecule has 0 atom stereocenters. The summed E-state index contributed by atoms with van der Waals surface area (Å²) in [6, 6.07) is 11.1. The van der Waals surface area contributed by atoms with E-state index in [4.69, 9.17) is 16.9 Å². The Morgan fingerprint density at radius 1 is 1.20 bits per heavy atom. The Hall–Kier alpha value is -1.85. The number of hydrogen-bond donors (Lipinski definition) is 0. The summed E-state index contributed by atoms with van der Waals surface area (Å²) < 4.78 is 0. The van der Waals surface area contributed by atoms with E-state index in [2.05, 4.69) is 11.1 Å². The van der Waals surface area contributed by atoms with E-state index in [0.29, 0.717) is 10.6 Å². The topological polar surface area (TPSA) is 36.7 Å². The third-order valence-electron chi connectivity index (χ3n) is 2.02. The summed E-state index contributed by atoms with van der Waals surface area (Å²) in [5, 5.41) is 9.37. The third-order valence-corrected chi connectivity index (χ3v) is 2.24. The van der Waals surface area contributed by atoms with Crippen molar-refractivity contribution in [2.24, 2.45) is 0 Å². The number of halogens is 1. The zero-order chi connectivity index (χ0) is 10.7. The molecule has 0 aliphatic carbocycles. The molecule has 0 saturated carbocycles. The Morgan fingerprint density at radius 3 is 2.73 bits per heavy atom. The molecule has 72 valence electrons. The van der Waals surface area contributed by atoms with Gasteiger partial charge in [0.05, 0.1) is 11.6 Å². The molecule has 0 aliphatic rings. The number of hydrogen-bond acceptors (Lipinski definition) is 2. The maximum atomic E-state index is 8.81. The molecule has 2 nitrogen and oxygen atoms in total. The fourth-order valence-electron chi connectivity index (χ4n) is 1.35. The van der Waals surface area contributed by atoms with Crippen LogP contribution in [0.5, 0.6) is 0 Å². The van der Waals surface area contributed by atoms with Crippen LogP contribution in [0.2, 0.25) is 5.02 Å². The zero-order valence-corrected chi connectivity index (χ0v) is 8.57. The second kappa shape index (κ2) is 4.12. The second-order valence-electron chi connectivity index (χ2n) is 3.08. The molecule has 0 spiro atoms. The molecule has 0 amide bonds. The van der Waals surface area contributed by atoms with Gasteiger partial charge in [-0.1, -0.05) is 17.7 Å². The number of nitriles is 1. The molecule has 2 rings (SSSR count). The van der Waals surface area contributed by atoms with Crippen LogP contribution in [0.3, 0.4) is 0 Å². The molecule has 2 aromatic rings. The van der Waals surface area contributed by atoms with Crippen molar-refractivity contribution >= 4 is 11.6 Å². The monoisotopic (exact) mass is 214 g/mol. The number of rotatable bonds is 1. The first kappa shape index (κ1) is 9.70. The van der Waals surface area contributed by atoms with E-state index in [-0.39, 0.29) is 0 Å². The van der Waals surface area contributed by atoms with Gasteiger partial charge < -0.3 is 0 Å². The van der Waals surface area contributed by atoms with Gasteiger partial charge in [0, 0.05) is 23.0 Å². The zero-order valence-electron chi connectivity index (χ0n) is 7.81. The van der Waals surface area contributed by atoms with E-state index in [1.54, 1.807) is 24.5 Å². The van der Waals surface area contributed by atoms with Gasteiger partial charge in [-0.05, 0) is 29.8 Å². The summed E-state index contributed by atoms with van der Waals surface area (Å²) in [4.78, 5) is 4.02. The molecule has 1 heterocycles. The van der Waals surface area contributed by atoms with Crippen molar-refractivity contribution in [2.45, 2.75) is 0 Å². The maximum absolute atomic E-state index is 8.81. The Kier molecular flexibility index (Phi) is 2.66. The van der Waals surface area contributed by atoms with Gasteiger partial charge in [0.25, 0.3) is 0 Å². The molecule has 0 radical (unpaired) electrons. The van der Waals surface area contributed by atoms with Gasteiger partial charge in [-0.2, -0.15) is 5.26 Å². The first-order valence-electron chi connectivity index (χ1n) is 4.41. The van der Waals surface area contributed by atoms with Crippen molar-refractivity contribution in [1.29, 1.82) is 5.26 Å². The van der Waals surface area contributed by atoms with Gasteiger partial charge in [0.1, 0.15) is 0 Å². The van der Waals surface area contributed by atoms with Gasteiger partial charge in [0.2, 0.25) is 0 Å². The van der Waals surface area contributed by atoms with E-state index in [1.807, 2.05) is 18.2 Å². The largest absolute Gasteiger partial charge is 0.264 e. The summed E-state index contributed by atoms with van der Waals surface area (Å²) in [6.07, 6.45) is 3.45. The maximum Gasteiger partial charge on any atom is 0.0992 e. The van der Waals surface area contributed by atoms with Crippen molar-refractivity contribution in [3.63, 3.8) is 0 Å². The number of aromatic nitrogens is 1. The van der Waals surface area contributed by atoms with E-state index in [9.17, 15) is 0 Å². The van der Waals surface area contributed by atoms with Crippen LogP contribution in [0.15, 0.2) is 42.7 Å². The lowest BCUT2D eigenvalue weighted by Gasteiger charge is -2.01. The van der Waals surface area contributed by atoms with Crippen LogP contribution in [0.25, 0.3) is 11.1 Å². The van der Waals surface area contributed by atoms with E-state index < -0.39 is 0 Å². The van der Waals surface area contributed by atoms with Crippen LogP contribution in [-0.2, 0) is 0 Å². The van der Waals surface area contributed by atoms with Crippen LogP contribution >= 0.6 is 11.6 Å². The first-order chi connectivity index (χ1) is 7.29. The summed E-state index contributed by atoms with van der Waals surface area (Å²) in [6.45, 7) is 0. The van der Waals surface area contributed by atoms with Crippen LogP contribution in [0.1, 0.15) is 5.56 Å². The lowest BCUT2D eigenvalue weighted by Crippen LogP contribution is -1.82. The predicted octanol–water partition coefficient (Wildman–Crippen LogP) is 3.27. The Balaban J connectivity index is 2.55. The minimum atomic E-state index is 0.557. The van der Waals surface area contributed by atoms with Crippen molar-refractivity contribution in [1.82, 2.24) is 4.98 Å². The SMILES string of the molecule is N#Cc1cc(Cl)cc(-c2cccnc2)c1. The average molecular weight is 215 g/mol. The molecule has 0 unspecified atom stereocenters. The molecule has 15 heavy (non-hydrogen) atoms. The number of benzene rings is 1. The third kappa shape index (κ3) is 2.15.